The Morgan fingerprint density at radius 2 is 0.743 bits per heavy atom. The molecule has 11 heteroatoms. The van der Waals surface area contributed by atoms with Crippen LogP contribution in [-0.2, 0) is 6.42 Å². The van der Waals surface area contributed by atoms with Crippen LogP contribution >= 0.6 is 45.3 Å². The predicted molar refractivity (Wildman–Crippen MR) is 458 cm³/mol. The molecule has 24 rings (SSSR count). The molecule has 0 fully saturated rings. The van der Waals surface area contributed by atoms with Crippen molar-refractivity contribution in [2.75, 3.05) is 0 Å². The van der Waals surface area contributed by atoms with Crippen molar-refractivity contribution in [1.29, 1.82) is 0 Å². The van der Waals surface area contributed by atoms with Gasteiger partial charge >= 0.3 is 215 Å². The molecule has 5 nitrogen and oxygen atoms in total. The van der Waals surface area contributed by atoms with Crippen LogP contribution in [0.1, 0.15) is 61.2 Å². The van der Waals surface area contributed by atoms with E-state index in [-0.39, 0.29) is 0 Å². The summed E-state index contributed by atoms with van der Waals surface area (Å²) in [4.78, 5) is 1.47. The summed E-state index contributed by atoms with van der Waals surface area (Å²) < 4.78 is 36.1. The zero-order valence-electron chi connectivity index (χ0n) is 59.1. The van der Waals surface area contributed by atoms with Crippen molar-refractivity contribution in [2.45, 2.75) is 68.7 Å². The second-order valence-corrected chi connectivity index (χ2v) is 38.0. The van der Waals surface area contributed by atoms with Gasteiger partial charge in [0.1, 0.15) is 5.58 Å². The Balaban J connectivity index is 0.0000000986. The zero-order valence-corrected chi connectivity index (χ0v) is 65.8. The number of hydrogen-bond acceptors (Lipinski definition) is 6. The Hall–Kier alpha value is -10.0. The number of aromatic nitrogens is 3. The van der Waals surface area contributed by atoms with Gasteiger partial charge in [0.25, 0.3) is 0 Å². The zero-order chi connectivity index (χ0) is 70.3. The summed E-state index contributed by atoms with van der Waals surface area (Å²) in [6.45, 7) is 19.4. The molecule has 23 aromatic rings. The van der Waals surface area contributed by atoms with Crippen LogP contribution in [0.4, 0.5) is 0 Å². The van der Waals surface area contributed by atoms with Gasteiger partial charge in [0.05, 0.1) is 36.2 Å². The summed E-state index contributed by atoms with van der Waals surface area (Å²) in [6.07, 6.45) is 1.03. The third-order valence-electron chi connectivity index (χ3n) is 22.0. The molecule has 0 saturated heterocycles. The molecule has 1 aliphatic rings. The number of aryl methyl sites for hydroxylation is 9. The number of hydrogen-bond donors (Lipinski definition) is 0. The Morgan fingerprint density at radius 3 is 1.41 bits per heavy atom. The molecule has 0 aliphatic heterocycles. The van der Waals surface area contributed by atoms with Crippen molar-refractivity contribution in [3.8, 4) is 27.5 Å². The first-order valence-corrected chi connectivity index (χ1v) is 42.5. The molecular weight excluding hydrogens is 1490 g/mol. The van der Waals surface area contributed by atoms with Crippen LogP contribution in [0, 0.1) is 62.3 Å². The summed E-state index contributed by atoms with van der Waals surface area (Å²) in [5, 5.41) is 14.6. The number of rotatable bonds is 3. The molecule has 12 aromatic carbocycles. The van der Waals surface area contributed by atoms with Crippen LogP contribution in [0.25, 0.3) is 192 Å². The Morgan fingerprint density at radius 1 is 0.295 bits per heavy atom. The normalized spacial score (nSPS) is 12.6. The van der Waals surface area contributed by atoms with E-state index in [1.54, 1.807) is 12.8 Å². The van der Waals surface area contributed by atoms with Gasteiger partial charge in [-0.3, -0.25) is 0 Å². The second-order valence-electron chi connectivity index (χ2n) is 29.4. The fraction of sp³-hybridized carbons (Fsp3) is 0.106. The molecule has 0 amide bonds. The van der Waals surface area contributed by atoms with E-state index >= 15 is 0 Å². The van der Waals surface area contributed by atoms with Gasteiger partial charge in [0, 0.05) is 73.8 Å². The molecule has 1 aliphatic carbocycles. The minimum atomic E-state index is 0.335. The molecule has 0 radical (unpaired) electrons. The molecule has 11 heterocycles. The monoisotopic (exact) mass is 1560 g/mol. The maximum absolute atomic E-state index is 6.57. The largest absolute Gasteiger partial charge is 0.454 e. The van der Waals surface area contributed by atoms with E-state index in [2.05, 4.69) is 294 Å². The van der Waals surface area contributed by atoms with Gasteiger partial charge in [-0.15, -0.1) is 45.3 Å². The van der Waals surface area contributed by atoms with Crippen molar-refractivity contribution < 1.29 is 8.83 Å². The van der Waals surface area contributed by atoms with Gasteiger partial charge in [-0.25, -0.2) is 0 Å². The molecule has 0 saturated carbocycles. The van der Waals surface area contributed by atoms with Gasteiger partial charge in [-0.1, -0.05) is 77.9 Å². The fourth-order valence-electron chi connectivity index (χ4n) is 16.8. The summed E-state index contributed by atoms with van der Waals surface area (Å²) >= 11 is 8.38. The first-order chi connectivity index (χ1) is 51.1. The van der Waals surface area contributed by atoms with E-state index in [4.69, 9.17) is 8.83 Å². The molecule has 0 atom stereocenters. The van der Waals surface area contributed by atoms with Crippen molar-refractivity contribution in [2.24, 2.45) is 0 Å². The Kier molecular flexibility index (Phi) is 13.7. The molecule has 11 aromatic heterocycles. The van der Waals surface area contributed by atoms with Crippen LogP contribution in [0.2, 0.25) is 0 Å². The number of thiophene rings is 4. The minimum Gasteiger partial charge on any atom is -0.454 e. The molecule has 0 N–H and O–H groups in total. The van der Waals surface area contributed by atoms with E-state index in [9.17, 15) is 0 Å². The van der Waals surface area contributed by atoms with E-state index in [0.29, 0.717) is 29.0 Å². The maximum atomic E-state index is 6.57. The minimum absolute atomic E-state index is 0.335. The Bertz CT molecular complexity index is 7400. The fourth-order valence-corrected chi connectivity index (χ4v) is 28.4. The van der Waals surface area contributed by atoms with Crippen molar-refractivity contribution in [3.05, 3.63) is 280 Å². The smallest absolute Gasteiger partial charge is 0.154 e. The summed E-state index contributed by atoms with van der Waals surface area (Å²) in [5.41, 5.74) is 31.2. The second kappa shape index (κ2) is 23.0. The van der Waals surface area contributed by atoms with Gasteiger partial charge in [0.2, 0.25) is 0 Å². The predicted octanol–water partition coefficient (Wildman–Crippen LogP) is 27.8. The van der Waals surface area contributed by atoms with E-state index in [0.717, 1.165) is 28.8 Å². The molecule has 0 unspecified atom stereocenters. The molecule has 105 heavy (non-hydrogen) atoms. The molecule has 0 spiro atoms. The van der Waals surface area contributed by atoms with Crippen LogP contribution in [0.15, 0.2) is 227 Å². The van der Waals surface area contributed by atoms with Gasteiger partial charge in [0.15, 0.2) is 5.58 Å². The Labute approximate surface area is 631 Å². The topological polar surface area (TPSA) is 41.1 Å². The van der Waals surface area contributed by atoms with Crippen LogP contribution in [0.5, 0.6) is 0 Å². The van der Waals surface area contributed by atoms with Gasteiger partial charge < -0.3 is 13.6 Å². The van der Waals surface area contributed by atoms with Crippen molar-refractivity contribution in [1.82, 2.24) is 13.7 Å². The summed E-state index contributed by atoms with van der Waals surface area (Å²) in [5.74, 6) is 0. The summed E-state index contributed by atoms with van der Waals surface area (Å²) in [6, 6.07) is 82.1. The van der Waals surface area contributed by atoms with Crippen molar-refractivity contribution >= 4 is 239 Å². The summed E-state index contributed by atoms with van der Waals surface area (Å²) in [7, 11) is 0. The van der Waals surface area contributed by atoms with Crippen LogP contribution in [0.3, 0.4) is 0 Å². The third-order valence-corrected chi connectivity index (χ3v) is 32.3. The van der Waals surface area contributed by atoms with E-state index in [1.807, 2.05) is 45.3 Å². The first kappa shape index (κ1) is 62.4. The molecule has 0 bridgehead atoms. The number of fused-ring (bicyclic) bond motifs is 30. The number of benzene rings is 12. The van der Waals surface area contributed by atoms with Crippen LogP contribution < -0.4 is 0 Å². The van der Waals surface area contributed by atoms with Crippen molar-refractivity contribution in [3.63, 3.8) is 0 Å². The SMILES string of the molecule is Cc1ccc(-n2c3cc(C)ccc3c3sc4cc5c(cc4c32)Cc2c-5sc3cc(C)ccc23)cc1.Cc1ccc(-n2c3cc4c(cc3c3oc5cc(C)ccc5c32)[se]c2c3ccc(C)cc3[se]c42)cc1.Cc1ccc(-n2c3cc4c(cc3c3sc5cc(C)ccc5c32)sc2c3ccc(C)cc3oc42)cc1. The average molecular weight is 1550 g/mol. The standard InChI is InChI=1S/C32H23NS2.C31H21NOS2.C31H21NOSe2/c1-17-4-8-21(9-5-17)33-27-12-18(2)7-11-23(27)32-30(33)26-15-20-14-25-22-10-6-19(3)13-28(22)34-31(25)24(20)16-29(26)35-32;1-16-4-8-19(9-5-16)32-24-14-23-27(35-31-20-10-6-17(2)12-25(20)33-29(23)31)15-22(24)30-28(32)21-11-7-18(3)13-26(21)34-30;1-16-4-8-19(9-5-16)32-24-14-23-27(35-30-21-11-7-18(3)13-26(21)34-31(23)30)15-22(24)29-28(32)20-10-6-17(2)12-25(20)33-29/h4-13,15-16H,14H2,1-3H3;2*4-15H,1-3H3. The van der Waals surface area contributed by atoms with Crippen LogP contribution in [-0.4, -0.2) is 42.7 Å². The number of nitrogens with zero attached hydrogens (tertiary/aromatic N) is 3. The third kappa shape index (κ3) is 9.46. The van der Waals surface area contributed by atoms with E-state index < -0.39 is 0 Å². The van der Waals surface area contributed by atoms with Gasteiger partial charge in [-0.05, 0) is 165 Å². The maximum Gasteiger partial charge on any atom is 0.154 e. The number of furan rings is 2. The quantitative estimate of drug-likeness (QED) is 0.165. The van der Waals surface area contributed by atoms with Gasteiger partial charge in [-0.2, -0.15) is 0 Å². The first-order valence-electron chi connectivity index (χ1n) is 35.8. The van der Waals surface area contributed by atoms with E-state index in [1.165, 1.54) is 218 Å². The molecule has 504 valence electrons. The average Bonchev–Trinajstić information content (AvgIpc) is 1.55. The molecular formula is C94H65N3O2S4Se2.